The number of benzene rings is 2. The highest BCUT2D eigenvalue weighted by molar-refractivity contribution is 6.03. The minimum Gasteiger partial charge on any atom is -0.372 e. The Morgan fingerprint density at radius 1 is 1.12 bits per heavy atom. The molecule has 0 saturated heterocycles. The van der Waals surface area contributed by atoms with Gasteiger partial charge < -0.3 is 4.90 Å². The molecule has 0 aliphatic heterocycles. The molecule has 0 heterocycles. The first kappa shape index (κ1) is 19.1. The molecule has 0 bridgehead atoms. The molecule has 0 fully saturated rings. The summed E-state index contributed by atoms with van der Waals surface area (Å²) in [6, 6.07) is 13.5. The van der Waals surface area contributed by atoms with Crippen molar-refractivity contribution in [3.63, 3.8) is 0 Å². The standard InChI is InChI=1S/C19H22N4O3/c1-4-22(5-2)16-12-10-15(11-13-16)19(24)21-20-14(3)17-8-6-7-9-18(17)23(25)26/h6-13H,4-5H2,1-3H3,(H,21,24)/b20-14-. The molecule has 7 heteroatoms. The molecule has 0 unspecified atom stereocenters. The van der Waals surface area contributed by atoms with Gasteiger partial charge in [0.25, 0.3) is 11.6 Å². The highest BCUT2D eigenvalue weighted by atomic mass is 16.6. The second-order valence-corrected chi connectivity index (χ2v) is 5.63. The van der Waals surface area contributed by atoms with Gasteiger partial charge in [0.15, 0.2) is 0 Å². The van der Waals surface area contributed by atoms with Crippen LogP contribution in [0.5, 0.6) is 0 Å². The maximum Gasteiger partial charge on any atom is 0.278 e. The zero-order chi connectivity index (χ0) is 19.1. The van der Waals surface area contributed by atoms with Crippen LogP contribution in [0.3, 0.4) is 0 Å². The molecule has 1 N–H and O–H groups in total. The van der Waals surface area contributed by atoms with Gasteiger partial charge >= 0.3 is 0 Å². The predicted octanol–water partition coefficient (Wildman–Crippen LogP) is 3.60. The quantitative estimate of drug-likeness (QED) is 0.467. The van der Waals surface area contributed by atoms with Crippen LogP contribution in [-0.4, -0.2) is 29.6 Å². The Morgan fingerprint density at radius 3 is 2.31 bits per heavy atom. The van der Waals surface area contributed by atoms with Gasteiger partial charge in [-0.05, 0) is 51.1 Å². The van der Waals surface area contributed by atoms with Crippen molar-refractivity contribution in [1.82, 2.24) is 5.43 Å². The lowest BCUT2D eigenvalue weighted by Gasteiger charge is -2.20. The highest BCUT2D eigenvalue weighted by Crippen LogP contribution is 2.18. The Morgan fingerprint density at radius 2 is 1.73 bits per heavy atom. The Kier molecular flexibility index (Phi) is 6.43. The van der Waals surface area contributed by atoms with Crippen LogP contribution < -0.4 is 10.3 Å². The lowest BCUT2D eigenvalue weighted by atomic mass is 10.1. The van der Waals surface area contributed by atoms with Crippen LogP contribution in [0.15, 0.2) is 53.6 Å². The second kappa shape index (κ2) is 8.75. The first-order chi connectivity index (χ1) is 12.5. The number of amides is 1. The average molecular weight is 354 g/mol. The number of rotatable bonds is 7. The Balaban J connectivity index is 2.13. The Bertz CT molecular complexity index is 812. The minimum absolute atomic E-state index is 0.0495. The SMILES string of the molecule is CCN(CC)c1ccc(C(=O)N/N=C(/C)c2ccccc2[N+](=O)[O-])cc1. The van der Waals surface area contributed by atoms with E-state index in [1.54, 1.807) is 37.3 Å². The van der Waals surface area contributed by atoms with Gasteiger partial charge in [-0.25, -0.2) is 5.43 Å². The molecule has 0 saturated carbocycles. The summed E-state index contributed by atoms with van der Waals surface area (Å²) in [5.74, 6) is -0.367. The molecule has 0 aliphatic carbocycles. The van der Waals surface area contributed by atoms with Gasteiger partial charge in [0.1, 0.15) is 0 Å². The van der Waals surface area contributed by atoms with E-state index in [0.29, 0.717) is 16.8 Å². The van der Waals surface area contributed by atoms with Crippen LogP contribution >= 0.6 is 0 Å². The van der Waals surface area contributed by atoms with Gasteiger partial charge in [0.2, 0.25) is 0 Å². The van der Waals surface area contributed by atoms with E-state index < -0.39 is 4.92 Å². The van der Waals surface area contributed by atoms with Gasteiger partial charge in [-0.3, -0.25) is 14.9 Å². The van der Waals surface area contributed by atoms with Gasteiger partial charge in [0.05, 0.1) is 16.2 Å². The van der Waals surface area contributed by atoms with Crippen molar-refractivity contribution in [2.45, 2.75) is 20.8 Å². The maximum absolute atomic E-state index is 12.3. The number of carbonyl (C=O) groups excluding carboxylic acids is 1. The third-order valence-corrected chi connectivity index (χ3v) is 4.07. The highest BCUT2D eigenvalue weighted by Gasteiger charge is 2.15. The van der Waals surface area contributed by atoms with Crippen LogP contribution in [0.4, 0.5) is 11.4 Å². The van der Waals surface area contributed by atoms with E-state index in [1.807, 2.05) is 12.1 Å². The zero-order valence-corrected chi connectivity index (χ0v) is 15.1. The summed E-state index contributed by atoms with van der Waals surface area (Å²) in [4.78, 5) is 25.0. The van der Waals surface area contributed by atoms with Crippen molar-refractivity contribution in [3.8, 4) is 0 Å². The first-order valence-corrected chi connectivity index (χ1v) is 8.41. The molecule has 0 aliphatic rings. The number of nitro groups is 1. The number of nitrogens with zero attached hydrogens (tertiary/aromatic N) is 3. The summed E-state index contributed by atoms with van der Waals surface area (Å²) >= 11 is 0. The van der Waals surface area contributed by atoms with E-state index >= 15 is 0 Å². The van der Waals surface area contributed by atoms with Crippen LogP contribution in [0.25, 0.3) is 0 Å². The fourth-order valence-electron chi connectivity index (χ4n) is 2.61. The van der Waals surface area contributed by atoms with Crippen molar-refractivity contribution in [3.05, 3.63) is 69.8 Å². The second-order valence-electron chi connectivity index (χ2n) is 5.63. The van der Waals surface area contributed by atoms with E-state index in [9.17, 15) is 14.9 Å². The van der Waals surface area contributed by atoms with Crippen molar-refractivity contribution in [2.24, 2.45) is 5.10 Å². The van der Waals surface area contributed by atoms with E-state index in [-0.39, 0.29) is 11.6 Å². The van der Waals surface area contributed by atoms with E-state index in [2.05, 4.69) is 29.3 Å². The first-order valence-electron chi connectivity index (χ1n) is 8.41. The molecule has 0 spiro atoms. The third kappa shape index (κ3) is 4.44. The van der Waals surface area contributed by atoms with Gasteiger partial charge in [-0.1, -0.05) is 12.1 Å². The van der Waals surface area contributed by atoms with Crippen LogP contribution in [0.1, 0.15) is 36.7 Å². The summed E-state index contributed by atoms with van der Waals surface area (Å²) in [6.45, 7) is 7.55. The fraction of sp³-hybridized carbons (Fsp3) is 0.263. The molecule has 0 atom stereocenters. The number of carbonyl (C=O) groups is 1. The average Bonchev–Trinajstić information content (AvgIpc) is 2.67. The molecule has 0 radical (unpaired) electrons. The largest absolute Gasteiger partial charge is 0.372 e. The Labute approximate surface area is 152 Å². The van der Waals surface area contributed by atoms with E-state index in [1.165, 1.54) is 6.07 Å². The number of nitrogens with one attached hydrogen (secondary N) is 1. The molecule has 2 rings (SSSR count). The number of hydrazone groups is 1. The minimum atomic E-state index is -0.470. The van der Waals surface area contributed by atoms with Crippen LogP contribution in [0, 0.1) is 10.1 Å². The van der Waals surface area contributed by atoms with Crippen LogP contribution in [0.2, 0.25) is 0 Å². The molecular weight excluding hydrogens is 332 g/mol. The number of nitro benzene ring substituents is 1. The smallest absolute Gasteiger partial charge is 0.278 e. The molecular formula is C19H22N4O3. The summed E-state index contributed by atoms with van der Waals surface area (Å²) in [5.41, 5.74) is 4.66. The summed E-state index contributed by atoms with van der Waals surface area (Å²) < 4.78 is 0. The monoisotopic (exact) mass is 354 g/mol. The fourth-order valence-corrected chi connectivity index (χ4v) is 2.61. The predicted molar refractivity (Wildman–Crippen MR) is 103 cm³/mol. The maximum atomic E-state index is 12.3. The van der Waals surface area contributed by atoms with Crippen molar-refractivity contribution in [2.75, 3.05) is 18.0 Å². The van der Waals surface area contributed by atoms with Crippen molar-refractivity contribution in [1.29, 1.82) is 0 Å². The zero-order valence-electron chi connectivity index (χ0n) is 15.1. The topological polar surface area (TPSA) is 87.8 Å². The Hall–Kier alpha value is -3.22. The van der Waals surface area contributed by atoms with Crippen LogP contribution in [-0.2, 0) is 0 Å². The van der Waals surface area contributed by atoms with E-state index in [0.717, 1.165) is 18.8 Å². The molecule has 1 amide bonds. The normalized spacial score (nSPS) is 11.1. The molecule has 2 aromatic rings. The number of hydrogen-bond donors (Lipinski definition) is 1. The van der Waals surface area contributed by atoms with Gasteiger partial charge in [-0.15, -0.1) is 0 Å². The van der Waals surface area contributed by atoms with Crippen molar-refractivity contribution < 1.29 is 9.72 Å². The van der Waals surface area contributed by atoms with Gasteiger partial charge in [-0.2, -0.15) is 5.10 Å². The lowest BCUT2D eigenvalue weighted by Crippen LogP contribution is -2.22. The van der Waals surface area contributed by atoms with Gasteiger partial charge in [0, 0.05) is 30.4 Å². The number of para-hydroxylation sites is 1. The number of hydrogen-bond acceptors (Lipinski definition) is 5. The summed E-state index contributed by atoms with van der Waals surface area (Å²) in [6.07, 6.45) is 0. The molecule has 0 aromatic heterocycles. The summed E-state index contributed by atoms with van der Waals surface area (Å²) in [7, 11) is 0. The number of anilines is 1. The lowest BCUT2D eigenvalue weighted by molar-refractivity contribution is -0.385. The molecule has 136 valence electrons. The third-order valence-electron chi connectivity index (χ3n) is 4.07. The summed E-state index contributed by atoms with van der Waals surface area (Å²) in [5, 5.41) is 15.1. The van der Waals surface area contributed by atoms with Crippen molar-refractivity contribution >= 4 is 23.0 Å². The van der Waals surface area contributed by atoms with E-state index in [4.69, 9.17) is 0 Å². The molecule has 2 aromatic carbocycles. The molecule has 26 heavy (non-hydrogen) atoms. The molecule has 7 nitrogen and oxygen atoms in total.